The van der Waals surface area contributed by atoms with E-state index in [1.165, 1.54) is 5.56 Å². The zero-order valence-electron chi connectivity index (χ0n) is 16.1. The molecule has 0 atom stereocenters. The number of nitrogens with zero attached hydrogens (tertiary/aromatic N) is 2. The minimum Gasteiger partial charge on any atom is -0.330 e. The number of aromatic nitrogens is 2. The number of nitrogens with two attached hydrogens (primary N) is 1. The van der Waals surface area contributed by atoms with Gasteiger partial charge in [0, 0.05) is 28.6 Å². The quantitative estimate of drug-likeness (QED) is 0.634. The second kappa shape index (κ2) is 9.12. The van der Waals surface area contributed by atoms with E-state index in [1.807, 2.05) is 48.5 Å². The van der Waals surface area contributed by atoms with Gasteiger partial charge in [0.05, 0.1) is 11.7 Å². The molecule has 0 radical (unpaired) electrons. The Morgan fingerprint density at radius 3 is 2.41 bits per heavy atom. The smallest absolute Gasteiger partial charge is 0.267 e. The highest BCUT2D eigenvalue weighted by atomic mass is 35.5. The molecule has 1 fully saturated rings. The first kappa shape index (κ1) is 21.6. The summed E-state index contributed by atoms with van der Waals surface area (Å²) in [5, 5.41) is 5.42. The van der Waals surface area contributed by atoms with Crippen molar-refractivity contribution in [2.45, 2.75) is 37.1 Å². The second-order valence-corrected chi connectivity index (χ2v) is 8.03. The summed E-state index contributed by atoms with van der Waals surface area (Å²) in [6.07, 6.45) is 3.57. The molecule has 1 heterocycles. The largest absolute Gasteiger partial charge is 0.330 e. The number of hydrogen-bond donors (Lipinski definition) is 1. The molecule has 0 spiro atoms. The van der Waals surface area contributed by atoms with Gasteiger partial charge in [-0.25, -0.2) is 4.68 Å². The van der Waals surface area contributed by atoms with Crippen LogP contribution in [0.15, 0.2) is 71.5 Å². The van der Waals surface area contributed by atoms with Crippen LogP contribution in [0.25, 0.3) is 11.3 Å². The van der Waals surface area contributed by atoms with Gasteiger partial charge in [-0.15, -0.1) is 12.4 Å². The van der Waals surface area contributed by atoms with Crippen LogP contribution in [0.5, 0.6) is 0 Å². The van der Waals surface area contributed by atoms with Crippen molar-refractivity contribution in [1.82, 2.24) is 9.78 Å². The van der Waals surface area contributed by atoms with Crippen LogP contribution in [-0.4, -0.2) is 16.3 Å². The fraction of sp³-hybridized carbons (Fsp3) is 0.304. The monoisotopic (exact) mass is 429 g/mol. The van der Waals surface area contributed by atoms with Crippen molar-refractivity contribution < 1.29 is 0 Å². The van der Waals surface area contributed by atoms with Crippen molar-refractivity contribution in [1.29, 1.82) is 0 Å². The Kier molecular flexibility index (Phi) is 6.78. The molecule has 4 rings (SSSR count). The van der Waals surface area contributed by atoms with Gasteiger partial charge in [0.15, 0.2) is 0 Å². The van der Waals surface area contributed by atoms with Crippen LogP contribution in [0.4, 0.5) is 0 Å². The molecule has 6 heteroatoms. The lowest BCUT2D eigenvalue weighted by molar-refractivity contribution is 0.222. The fourth-order valence-electron chi connectivity index (χ4n) is 4.28. The number of rotatable bonds is 4. The minimum absolute atomic E-state index is 0. The predicted octanol–water partition coefficient (Wildman–Crippen LogP) is 5.00. The molecule has 3 aromatic rings. The summed E-state index contributed by atoms with van der Waals surface area (Å²) in [6.45, 7) is 0.576. The molecule has 1 aliphatic rings. The van der Waals surface area contributed by atoms with Crippen molar-refractivity contribution in [3.8, 4) is 11.3 Å². The van der Waals surface area contributed by atoms with Gasteiger partial charge in [-0.1, -0.05) is 54.1 Å². The van der Waals surface area contributed by atoms with Crippen LogP contribution in [0, 0.1) is 0 Å². The first-order valence-electron chi connectivity index (χ1n) is 9.73. The molecule has 4 nitrogen and oxygen atoms in total. The van der Waals surface area contributed by atoms with Gasteiger partial charge >= 0.3 is 0 Å². The molecular weight excluding hydrogens is 405 g/mol. The Balaban J connectivity index is 0.00000240. The maximum Gasteiger partial charge on any atom is 0.267 e. The zero-order valence-corrected chi connectivity index (χ0v) is 17.7. The summed E-state index contributed by atoms with van der Waals surface area (Å²) < 4.78 is 1.67. The van der Waals surface area contributed by atoms with E-state index in [9.17, 15) is 4.79 Å². The zero-order chi connectivity index (χ0) is 19.6. The van der Waals surface area contributed by atoms with Gasteiger partial charge in [-0.2, -0.15) is 5.10 Å². The van der Waals surface area contributed by atoms with Crippen molar-refractivity contribution in [3.05, 3.63) is 87.7 Å². The highest BCUT2D eigenvalue weighted by molar-refractivity contribution is 6.30. The van der Waals surface area contributed by atoms with Gasteiger partial charge in [-0.3, -0.25) is 4.79 Å². The SMILES string of the molecule is Cl.NC[C@]1(c2cccc(Cl)c2)CC[C@@H](n2nc(-c3ccccc3)ccc2=O)CC1. The van der Waals surface area contributed by atoms with Gasteiger partial charge < -0.3 is 5.73 Å². The van der Waals surface area contributed by atoms with E-state index in [1.54, 1.807) is 16.8 Å². The van der Waals surface area contributed by atoms with E-state index in [-0.39, 0.29) is 29.4 Å². The third kappa shape index (κ3) is 4.40. The Morgan fingerprint density at radius 2 is 1.76 bits per heavy atom. The molecule has 0 amide bonds. The van der Waals surface area contributed by atoms with Crippen LogP contribution in [0.3, 0.4) is 0 Å². The maximum absolute atomic E-state index is 12.5. The van der Waals surface area contributed by atoms with E-state index in [4.69, 9.17) is 17.3 Å². The molecule has 152 valence electrons. The molecule has 2 aromatic carbocycles. The third-order valence-corrected chi connectivity index (χ3v) is 6.22. The van der Waals surface area contributed by atoms with Crippen molar-refractivity contribution in [2.24, 2.45) is 5.73 Å². The highest BCUT2D eigenvalue weighted by Crippen LogP contribution is 2.42. The average Bonchev–Trinajstić information content (AvgIpc) is 2.75. The standard InChI is InChI=1S/C23H24ClN3O.ClH/c24-19-8-4-7-18(15-19)23(16-25)13-11-20(12-14-23)27-22(28)10-9-21(26-27)17-5-2-1-3-6-17;/h1-10,15,20H,11-14,16,25H2;1H/t20-,23+;. The summed E-state index contributed by atoms with van der Waals surface area (Å²) in [7, 11) is 0. The maximum atomic E-state index is 12.5. The Hall–Kier alpha value is -2.14. The summed E-state index contributed by atoms with van der Waals surface area (Å²) in [4.78, 5) is 12.5. The molecule has 1 aliphatic carbocycles. The Bertz CT molecular complexity index is 1010. The van der Waals surface area contributed by atoms with Crippen LogP contribution < -0.4 is 11.3 Å². The summed E-state index contributed by atoms with van der Waals surface area (Å²) >= 11 is 6.21. The van der Waals surface area contributed by atoms with Crippen molar-refractivity contribution in [2.75, 3.05) is 6.54 Å². The highest BCUT2D eigenvalue weighted by Gasteiger charge is 2.37. The molecule has 29 heavy (non-hydrogen) atoms. The predicted molar refractivity (Wildman–Crippen MR) is 121 cm³/mol. The first-order valence-corrected chi connectivity index (χ1v) is 10.1. The van der Waals surface area contributed by atoms with E-state index in [0.717, 1.165) is 42.0 Å². The van der Waals surface area contributed by atoms with E-state index in [0.29, 0.717) is 6.54 Å². The van der Waals surface area contributed by atoms with Crippen molar-refractivity contribution >= 4 is 24.0 Å². The number of benzene rings is 2. The van der Waals surface area contributed by atoms with E-state index < -0.39 is 0 Å². The number of hydrogen-bond acceptors (Lipinski definition) is 3. The topological polar surface area (TPSA) is 60.9 Å². The Morgan fingerprint density at radius 1 is 1.03 bits per heavy atom. The van der Waals surface area contributed by atoms with Crippen LogP contribution in [0.2, 0.25) is 5.02 Å². The average molecular weight is 430 g/mol. The van der Waals surface area contributed by atoms with E-state index in [2.05, 4.69) is 11.2 Å². The molecule has 1 saturated carbocycles. The summed E-state index contributed by atoms with van der Waals surface area (Å²) in [6, 6.07) is 21.5. The van der Waals surface area contributed by atoms with Crippen LogP contribution in [0.1, 0.15) is 37.3 Å². The molecule has 0 unspecified atom stereocenters. The number of halogens is 2. The Labute approximate surface area is 182 Å². The van der Waals surface area contributed by atoms with Crippen LogP contribution in [-0.2, 0) is 5.41 Å². The molecule has 1 aromatic heterocycles. The molecule has 0 saturated heterocycles. The van der Waals surface area contributed by atoms with Crippen molar-refractivity contribution in [3.63, 3.8) is 0 Å². The van der Waals surface area contributed by atoms with E-state index >= 15 is 0 Å². The van der Waals surface area contributed by atoms with Gasteiger partial charge in [0.1, 0.15) is 0 Å². The third-order valence-electron chi connectivity index (χ3n) is 5.98. The summed E-state index contributed by atoms with van der Waals surface area (Å²) in [5.74, 6) is 0. The molecule has 0 aliphatic heterocycles. The molecule has 0 bridgehead atoms. The van der Waals surface area contributed by atoms with Gasteiger partial charge in [0.2, 0.25) is 0 Å². The van der Waals surface area contributed by atoms with Crippen LogP contribution >= 0.6 is 24.0 Å². The lowest BCUT2D eigenvalue weighted by Gasteiger charge is -2.40. The summed E-state index contributed by atoms with van der Waals surface area (Å²) in [5.41, 5.74) is 9.11. The van der Waals surface area contributed by atoms with Gasteiger partial charge in [-0.05, 0) is 49.4 Å². The minimum atomic E-state index is -0.0813. The lowest BCUT2D eigenvalue weighted by atomic mass is 9.68. The lowest BCUT2D eigenvalue weighted by Crippen LogP contribution is -2.41. The fourth-order valence-corrected chi connectivity index (χ4v) is 4.47. The van der Waals surface area contributed by atoms with Gasteiger partial charge in [0.25, 0.3) is 5.56 Å². The first-order chi connectivity index (χ1) is 13.6. The normalized spacial score (nSPS) is 21.4. The molecule has 2 N–H and O–H groups in total. The second-order valence-electron chi connectivity index (χ2n) is 7.59. The molecular formula is C23H25Cl2N3O.